The van der Waals surface area contributed by atoms with Gasteiger partial charge in [0.15, 0.2) is 5.16 Å². The molecule has 2 rings (SSSR count). The molecule has 1 N–H and O–H groups in total. The summed E-state index contributed by atoms with van der Waals surface area (Å²) in [5.74, 6) is -0.131. The lowest BCUT2D eigenvalue weighted by Crippen LogP contribution is -2.48. The summed E-state index contributed by atoms with van der Waals surface area (Å²) >= 11 is 1.58. The topological polar surface area (TPSA) is 70.5 Å². The van der Waals surface area contributed by atoms with Crippen molar-refractivity contribution in [2.24, 2.45) is 13.0 Å². The average Bonchev–Trinajstić information content (AvgIpc) is 2.91. The average molecular weight is 339 g/mol. The molecular weight excluding hydrogens is 314 g/mol. The summed E-state index contributed by atoms with van der Waals surface area (Å²) in [6.45, 7) is 1.67. The Morgan fingerprint density at radius 1 is 1.48 bits per heavy atom. The molecule has 0 aliphatic carbocycles. The van der Waals surface area contributed by atoms with Crippen LogP contribution < -0.4 is 5.32 Å². The molecule has 1 atom stereocenters. The molecule has 128 valence electrons. The highest BCUT2D eigenvalue weighted by atomic mass is 32.2. The first kappa shape index (κ1) is 17.7. The summed E-state index contributed by atoms with van der Waals surface area (Å²) in [5.41, 5.74) is 0.972. The van der Waals surface area contributed by atoms with E-state index in [1.807, 2.05) is 17.9 Å². The zero-order valence-corrected chi connectivity index (χ0v) is 15.0. The number of imidazole rings is 1. The third-order valence-electron chi connectivity index (χ3n) is 4.11. The number of rotatable bonds is 4. The highest BCUT2D eigenvalue weighted by molar-refractivity contribution is 7.98. The summed E-state index contributed by atoms with van der Waals surface area (Å²) in [4.78, 5) is 32.0. The van der Waals surface area contributed by atoms with Crippen molar-refractivity contribution in [3.05, 3.63) is 11.9 Å². The molecule has 1 aromatic rings. The molecule has 23 heavy (non-hydrogen) atoms. The Morgan fingerprint density at radius 2 is 2.22 bits per heavy atom. The van der Waals surface area contributed by atoms with Gasteiger partial charge in [-0.1, -0.05) is 11.8 Å². The van der Waals surface area contributed by atoms with Gasteiger partial charge in [0, 0.05) is 34.2 Å². The van der Waals surface area contributed by atoms with Crippen LogP contribution in [0.3, 0.4) is 0 Å². The highest BCUT2D eigenvalue weighted by Crippen LogP contribution is 2.18. The minimum Gasteiger partial charge on any atom is -0.350 e. The maximum absolute atomic E-state index is 12.4. The summed E-state index contributed by atoms with van der Waals surface area (Å²) in [6, 6.07) is -0.0289. The van der Waals surface area contributed by atoms with Crippen molar-refractivity contribution < 1.29 is 9.59 Å². The number of likely N-dealkylation sites (tertiary alicyclic amines) is 1. The van der Waals surface area contributed by atoms with E-state index < -0.39 is 0 Å². The zero-order valence-electron chi connectivity index (χ0n) is 14.2. The predicted octanol–water partition coefficient (Wildman–Crippen LogP) is 1.15. The minimum atomic E-state index is -0.138. The Bertz CT molecular complexity index is 572. The Kier molecular flexibility index (Phi) is 5.92. The number of urea groups is 1. The quantitative estimate of drug-likeness (QED) is 0.836. The van der Waals surface area contributed by atoms with Crippen molar-refractivity contribution in [1.82, 2.24) is 24.7 Å². The number of carbonyl (C=O) groups is 2. The molecule has 1 aliphatic heterocycles. The summed E-state index contributed by atoms with van der Waals surface area (Å²) in [7, 11) is 5.41. The van der Waals surface area contributed by atoms with Crippen LogP contribution in [0.5, 0.6) is 0 Å². The molecule has 0 aromatic carbocycles. The molecule has 2 heterocycles. The first-order chi connectivity index (χ1) is 10.9. The molecule has 1 fully saturated rings. The molecule has 8 heteroatoms. The predicted molar refractivity (Wildman–Crippen MR) is 90.2 cm³/mol. The number of amides is 3. The molecule has 0 spiro atoms. The third kappa shape index (κ3) is 4.19. The third-order valence-corrected chi connectivity index (χ3v) is 4.86. The van der Waals surface area contributed by atoms with E-state index in [0.29, 0.717) is 13.1 Å². The monoisotopic (exact) mass is 339 g/mol. The van der Waals surface area contributed by atoms with Crippen LogP contribution >= 0.6 is 11.8 Å². The van der Waals surface area contributed by atoms with Crippen molar-refractivity contribution in [3.63, 3.8) is 0 Å². The Balaban J connectivity index is 1.90. The van der Waals surface area contributed by atoms with Crippen LogP contribution in [0.2, 0.25) is 0 Å². The van der Waals surface area contributed by atoms with E-state index in [2.05, 4.69) is 10.3 Å². The van der Waals surface area contributed by atoms with Gasteiger partial charge in [0.05, 0.1) is 24.4 Å². The normalized spacial score (nSPS) is 17.9. The van der Waals surface area contributed by atoms with Gasteiger partial charge in [-0.25, -0.2) is 9.78 Å². The van der Waals surface area contributed by atoms with E-state index in [4.69, 9.17) is 0 Å². The van der Waals surface area contributed by atoms with E-state index in [1.165, 1.54) is 0 Å². The molecular formula is C15H25N5O2S. The van der Waals surface area contributed by atoms with Crippen LogP contribution in [0.4, 0.5) is 4.79 Å². The van der Waals surface area contributed by atoms with E-state index in [9.17, 15) is 9.59 Å². The van der Waals surface area contributed by atoms with E-state index in [0.717, 1.165) is 30.2 Å². The fourth-order valence-electron chi connectivity index (χ4n) is 2.75. The van der Waals surface area contributed by atoms with E-state index in [1.54, 1.807) is 41.9 Å². The van der Waals surface area contributed by atoms with Crippen molar-refractivity contribution in [2.75, 3.05) is 33.4 Å². The number of nitrogens with one attached hydrogen (secondary N) is 1. The highest BCUT2D eigenvalue weighted by Gasteiger charge is 2.29. The molecule has 0 saturated carbocycles. The molecule has 1 aromatic heterocycles. The van der Waals surface area contributed by atoms with Gasteiger partial charge in [0.25, 0.3) is 0 Å². The van der Waals surface area contributed by atoms with Gasteiger partial charge < -0.3 is 19.7 Å². The Labute approximate surface area is 141 Å². The van der Waals surface area contributed by atoms with Gasteiger partial charge in [-0.3, -0.25) is 4.79 Å². The minimum absolute atomic E-state index is 0.00755. The van der Waals surface area contributed by atoms with Crippen LogP contribution in [0.15, 0.2) is 11.4 Å². The van der Waals surface area contributed by atoms with Crippen LogP contribution in [-0.2, 0) is 18.4 Å². The Morgan fingerprint density at radius 3 is 2.83 bits per heavy atom. The fraction of sp³-hybridized carbons (Fsp3) is 0.667. The van der Waals surface area contributed by atoms with Crippen LogP contribution in [-0.4, -0.2) is 64.7 Å². The molecule has 7 nitrogen and oxygen atoms in total. The van der Waals surface area contributed by atoms with E-state index in [-0.39, 0.29) is 17.9 Å². The first-order valence-electron chi connectivity index (χ1n) is 7.72. The standard InChI is InChI=1S/C15H25N5O2S/c1-18(2)15(22)20-7-5-6-11(10-20)13(21)16-8-12-9-17-14(23-4)19(12)3/h9,11H,5-8,10H2,1-4H3,(H,16,21)/t11-/m1/s1. The smallest absolute Gasteiger partial charge is 0.319 e. The lowest BCUT2D eigenvalue weighted by atomic mass is 9.97. The Hall–Kier alpha value is -1.70. The van der Waals surface area contributed by atoms with Gasteiger partial charge in [0.2, 0.25) is 5.91 Å². The van der Waals surface area contributed by atoms with Gasteiger partial charge >= 0.3 is 6.03 Å². The number of carbonyl (C=O) groups excluding carboxylic acids is 2. The second-order valence-electron chi connectivity index (χ2n) is 5.98. The SMILES string of the molecule is CSc1ncc(CNC(=O)[C@@H]2CCCN(C(=O)N(C)C)C2)n1C. The van der Waals surface area contributed by atoms with Crippen molar-refractivity contribution in [3.8, 4) is 0 Å². The van der Waals surface area contributed by atoms with Crippen LogP contribution in [0.1, 0.15) is 18.5 Å². The van der Waals surface area contributed by atoms with Crippen LogP contribution in [0, 0.1) is 5.92 Å². The van der Waals surface area contributed by atoms with E-state index >= 15 is 0 Å². The number of piperidine rings is 1. The largest absolute Gasteiger partial charge is 0.350 e. The molecule has 3 amide bonds. The number of nitrogens with zero attached hydrogens (tertiary/aromatic N) is 4. The maximum atomic E-state index is 12.4. The molecule has 0 bridgehead atoms. The van der Waals surface area contributed by atoms with Crippen molar-refractivity contribution in [1.29, 1.82) is 0 Å². The van der Waals surface area contributed by atoms with Gasteiger partial charge in [0.1, 0.15) is 0 Å². The van der Waals surface area contributed by atoms with Crippen LogP contribution in [0.25, 0.3) is 0 Å². The first-order valence-corrected chi connectivity index (χ1v) is 8.95. The maximum Gasteiger partial charge on any atom is 0.319 e. The lowest BCUT2D eigenvalue weighted by molar-refractivity contribution is -0.126. The molecule has 0 unspecified atom stereocenters. The number of thioether (sulfide) groups is 1. The number of aromatic nitrogens is 2. The summed E-state index contributed by atoms with van der Waals surface area (Å²) < 4.78 is 1.98. The van der Waals surface area contributed by atoms with Gasteiger partial charge in [-0.15, -0.1) is 0 Å². The fourth-order valence-corrected chi connectivity index (χ4v) is 3.30. The zero-order chi connectivity index (χ0) is 17.0. The number of hydrogen-bond acceptors (Lipinski definition) is 4. The second kappa shape index (κ2) is 7.72. The molecule has 0 radical (unpaired) electrons. The summed E-state index contributed by atoms with van der Waals surface area (Å²) in [6.07, 6.45) is 5.45. The van der Waals surface area contributed by atoms with Gasteiger partial charge in [-0.2, -0.15) is 0 Å². The van der Waals surface area contributed by atoms with Gasteiger partial charge in [-0.05, 0) is 19.1 Å². The van der Waals surface area contributed by atoms with Crippen molar-refractivity contribution in [2.45, 2.75) is 24.5 Å². The second-order valence-corrected chi connectivity index (χ2v) is 6.75. The lowest BCUT2D eigenvalue weighted by Gasteiger charge is -2.33. The summed E-state index contributed by atoms with van der Waals surface area (Å²) in [5, 5.41) is 3.90. The number of hydrogen-bond donors (Lipinski definition) is 1. The van der Waals surface area contributed by atoms with Crippen molar-refractivity contribution >= 4 is 23.7 Å². The molecule has 1 aliphatic rings. The molecule has 1 saturated heterocycles.